The molecular weight excluding hydrogens is 1260 g/mol. The molecule has 2 unspecified atom stereocenters. The van der Waals surface area contributed by atoms with Gasteiger partial charge in [-0.15, -0.1) is 46.9 Å². The minimum absolute atomic E-state index is 0. The molecule has 0 saturated carbocycles. The quantitative estimate of drug-likeness (QED) is 0.0897. The summed E-state index contributed by atoms with van der Waals surface area (Å²) >= 11 is 9.84. The fraction of sp³-hybridized carbons (Fsp3) is 0.333. The number of hydrogen-bond acceptors (Lipinski definition) is 12. The molecule has 14 heteroatoms. The minimum Gasteiger partial charge on any atom is -0.285 e. The van der Waals surface area contributed by atoms with E-state index in [0.29, 0.717) is 11.8 Å². The average Bonchev–Trinajstić information content (AvgIpc) is 4.17. The number of fused-ring (bicyclic) bond motifs is 7. The van der Waals surface area contributed by atoms with Crippen LogP contribution in [0.5, 0.6) is 0 Å². The molecule has 1 aliphatic rings. The Morgan fingerprint density at radius 1 is 0.554 bits per heavy atom. The van der Waals surface area contributed by atoms with E-state index >= 15 is 0 Å². The third-order valence-corrected chi connectivity index (χ3v) is 19.0. The van der Waals surface area contributed by atoms with Crippen molar-refractivity contribution < 1.29 is 42.1 Å². The van der Waals surface area contributed by atoms with Crippen LogP contribution in [0.2, 0.25) is 0 Å². The number of para-hydroxylation sites is 2. The molecule has 0 amide bonds. The number of thiophene rings is 2. The molecular formula is C51H46N6S6W2-2. The Balaban J connectivity index is 0.00000266. The Bertz CT molecular complexity index is 2980. The van der Waals surface area contributed by atoms with Gasteiger partial charge in [0.2, 0.25) is 0 Å². The van der Waals surface area contributed by atoms with Crippen LogP contribution >= 0.6 is 68.8 Å². The van der Waals surface area contributed by atoms with Crippen LogP contribution in [0, 0.1) is 24.0 Å². The summed E-state index contributed by atoms with van der Waals surface area (Å²) in [7, 11) is 0. The Labute approximate surface area is 433 Å². The van der Waals surface area contributed by atoms with Gasteiger partial charge in [-0.05, 0) is 82.0 Å². The molecule has 2 atom stereocenters. The molecule has 6 nitrogen and oxygen atoms in total. The molecule has 65 heavy (non-hydrogen) atoms. The van der Waals surface area contributed by atoms with Crippen molar-refractivity contribution in [3.8, 4) is 51.8 Å². The summed E-state index contributed by atoms with van der Waals surface area (Å²) in [6, 6.07) is 33.5. The van der Waals surface area contributed by atoms with Gasteiger partial charge in [0.25, 0.3) is 0 Å². The molecule has 0 bridgehead atoms. The van der Waals surface area contributed by atoms with E-state index in [1.165, 1.54) is 115 Å². The van der Waals surface area contributed by atoms with Gasteiger partial charge >= 0.3 is 0 Å². The van der Waals surface area contributed by atoms with E-state index in [2.05, 4.69) is 100 Å². The van der Waals surface area contributed by atoms with E-state index < -0.39 is 0 Å². The minimum atomic E-state index is -0.106. The van der Waals surface area contributed by atoms with E-state index in [1.807, 2.05) is 34.8 Å². The maximum absolute atomic E-state index is 5.00. The number of hydrogen-bond donors (Lipinski definition) is 0. The molecule has 0 saturated heterocycles. The van der Waals surface area contributed by atoms with Gasteiger partial charge in [0.15, 0.2) is 0 Å². The van der Waals surface area contributed by atoms with Crippen LogP contribution in [0.1, 0.15) is 103 Å². The molecule has 0 radical (unpaired) electrons. The molecule has 0 fully saturated rings. The Kier molecular flexibility index (Phi) is 14.5. The predicted octanol–water partition coefficient (Wildman–Crippen LogP) is 16.8. The summed E-state index contributed by atoms with van der Waals surface area (Å²) in [5.41, 5.74) is 12.7. The van der Waals surface area contributed by atoms with E-state index in [4.69, 9.17) is 27.5 Å². The molecule has 1 aliphatic carbocycles. The maximum atomic E-state index is 5.00. The van der Waals surface area contributed by atoms with Crippen LogP contribution in [-0.4, -0.2) is 27.5 Å². The first-order valence-corrected chi connectivity index (χ1v) is 27.1. The molecule has 11 rings (SSSR count). The SMILES string of the molecule is CCCCC(CC)CC1(CC(CC)CCCC)c2cc(-c3c[c-]c(-c4nc5ccccc5s4)c4nsnc34)sc2-c2sc(-c3c[c-]c(-c4nc5ccccc5s4)c4nsnc34)cc21.[W].[W]. The summed E-state index contributed by atoms with van der Waals surface area (Å²) in [5, 5.41) is 1.88. The maximum Gasteiger partial charge on any atom is 0.0697 e. The molecule has 0 spiro atoms. The number of nitrogens with zero attached hydrogens (tertiary/aromatic N) is 6. The third-order valence-electron chi connectivity index (χ3n) is 13.3. The molecule has 6 aromatic heterocycles. The largest absolute Gasteiger partial charge is 0.285 e. The fourth-order valence-electron chi connectivity index (χ4n) is 9.92. The van der Waals surface area contributed by atoms with Crippen molar-refractivity contribution in [2.75, 3.05) is 0 Å². The normalized spacial score (nSPS) is 13.9. The fourth-order valence-corrected chi connectivity index (χ4v) is 15.7. The Hall–Kier alpha value is -2.92. The molecule has 0 aliphatic heterocycles. The summed E-state index contributed by atoms with van der Waals surface area (Å²) in [5.74, 6) is 1.26. The van der Waals surface area contributed by atoms with Crippen molar-refractivity contribution in [1.29, 1.82) is 0 Å². The van der Waals surface area contributed by atoms with Gasteiger partial charge in [-0.25, -0.2) is 8.75 Å². The summed E-state index contributed by atoms with van der Waals surface area (Å²) < 4.78 is 22.1. The predicted molar refractivity (Wildman–Crippen MR) is 272 cm³/mol. The van der Waals surface area contributed by atoms with Crippen LogP contribution in [0.15, 0.2) is 72.8 Å². The number of unbranched alkanes of at least 4 members (excludes halogenated alkanes) is 2. The van der Waals surface area contributed by atoms with Gasteiger partial charge in [-0.2, -0.15) is 31.4 Å². The van der Waals surface area contributed by atoms with E-state index in [9.17, 15) is 0 Å². The second-order valence-corrected chi connectivity index (χ2v) is 22.3. The van der Waals surface area contributed by atoms with Crippen LogP contribution in [0.3, 0.4) is 0 Å². The number of aromatic nitrogens is 6. The van der Waals surface area contributed by atoms with Gasteiger partial charge in [0, 0.05) is 98.8 Å². The van der Waals surface area contributed by atoms with Crippen LogP contribution in [0.4, 0.5) is 0 Å². The average molecular weight is 1300 g/mol. The van der Waals surface area contributed by atoms with Crippen molar-refractivity contribution in [1.82, 2.24) is 27.5 Å². The zero-order valence-corrected chi connectivity index (χ0v) is 47.4. The first kappa shape index (κ1) is 47.2. The van der Waals surface area contributed by atoms with Crippen LogP contribution in [-0.2, 0) is 47.5 Å². The first-order valence-electron chi connectivity index (χ1n) is 22.4. The number of rotatable bonds is 16. The summed E-state index contributed by atoms with van der Waals surface area (Å²) in [6.07, 6.45) is 12.2. The third kappa shape index (κ3) is 8.42. The first-order chi connectivity index (χ1) is 31.0. The van der Waals surface area contributed by atoms with E-state index in [1.54, 1.807) is 22.7 Å². The Morgan fingerprint density at radius 3 is 1.40 bits per heavy atom. The molecule has 6 heterocycles. The zero-order valence-electron chi connectivity index (χ0n) is 36.6. The molecule has 10 aromatic rings. The van der Waals surface area contributed by atoms with Gasteiger partial charge in [0.05, 0.1) is 34.5 Å². The topological polar surface area (TPSA) is 77.3 Å². The summed E-state index contributed by atoms with van der Waals surface area (Å²) in [4.78, 5) is 15.3. The van der Waals surface area contributed by atoms with Crippen LogP contribution in [0.25, 0.3) is 94.3 Å². The molecule has 4 aromatic carbocycles. The zero-order chi connectivity index (χ0) is 42.7. The molecule has 0 N–H and O–H groups in total. The number of benzene rings is 4. The van der Waals surface area contributed by atoms with Gasteiger partial charge in [0.1, 0.15) is 0 Å². The van der Waals surface area contributed by atoms with Gasteiger partial charge < -0.3 is 0 Å². The van der Waals surface area contributed by atoms with Crippen molar-refractivity contribution in [3.63, 3.8) is 0 Å². The standard InChI is InChI=1S/C51H46N6S6.2W/c1-5-9-15-29(7-3)27-51(28-30(8-4)16-10-6-2)35-25-41(31-21-23-33(45-43(31)54-62-56-45)49-52-37-17-11-13-19-39(37)60-49)58-47(35)48-36(51)26-42(59-48)32-22-24-34(46-44(32)55-63-57-46)50-53-38-18-12-14-20-40(38)61-50;;/h11-14,17-22,25-26,29-30H,5-10,15-16,27-28H2,1-4H3;;/q-2;;. The van der Waals surface area contributed by atoms with E-state index in [-0.39, 0.29) is 47.5 Å². The number of thiazole rings is 2. The van der Waals surface area contributed by atoms with Crippen molar-refractivity contribution in [2.45, 2.75) is 97.3 Å². The smallest absolute Gasteiger partial charge is 0.0697 e. The van der Waals surface area contributed by atoms with Crippen molar-refractivity contribution in [3.05, 3.63) is 96.1 Å². The van der Waals surface area contributed by atoms with Gasteiger partial charge in [-0.3, -0.25) is 9.97 Å². The van der Waals surface area contributed by atoms with Gasteiger partial charge in [-0.1, -0.05) is 126 Å². The second-order valence-electron chi connectivity index (χ2n) is 17.1. The summed E-state index contributed by atoms with van der Waals surface area (Å²) in [6.45, 7) is 9.51. The van der Waals surface area contributed by atoms with Crippen molar-refractivity contribution in [2.24, 2.45) is 11.8 Å². The second kappa shape index (κ2) is 20.0. The molecule has 330 valence electrons. The Morgan fingerprint density at radius 2 is 0.985 bits per heavy atom. The van der Waals surface area contributed by atoms with Crippen molar-refractivity contribution >= 4 is 111 Å². The van der Waals surface area contributed by atoms with E-state index in [0.717, 1.165) is 78.2 Å². The monoisotopic (exact) mass is 1300 g/mol. The van der Waals surface area contributed by atoms with Crippen LogP contribution < -0.4 is 0 Å².